The molecular weight excluding hydrogens is 769 g/mol. The van der Waals surface area contributed by atoms with Gasteiger partial charge in [0.15, 0.2) is 0 Å². The molecule has 4 aromatic carbocycles. The molecule has 0 aliphatic heterocycles. The van der Waals surface area contributed by atoms with E-state index in [9.17, 15) is 0 Å². The third-order valence-corrected chi connectivity index (χ3v) is 10.8. The van der Waals surface area contributed by atoms with Crippen LogP contribution in [0.25, 0.3) is 11.1 Å². The Bertz CT molecular complexity index is 1610. The van der Waals surface area contributed by atoms with Crippen molar-refractivity contribution < 1.29 is 36.9 Å². The number of quaternary nitrogens is 4. The van der Waals surface area contributed by atoms with Crippen LogP contribution in [0.4, 0.5) is 0 Å². The van der Waals surface area contributed by atoms with E-state index in [1.54, 1.807) is 0 Å². The van der Waals surface area contributed by atoms with Crippen LogP contribution in [0.1, 0.15) is 73.6 Å². The molecule has 0 atom stereocenters. The van der Waals surface area contributed by atoms with Gasteiger partial charge >= 0.3 is 0 Å². The van der Waals surface area contributed by atoms with Crippen LogP contribution in [0, 0.1) is 0 Å². The zero-order valence-electron chi connectivity index (χ0n) is 41.0. The highest BCUT2D eigenvalue weighted by molar-refractivity contribution is 6.04. The molecule has 0 spiro atoms. The molecule has 0 heterocycles. The number of rotatable bonds is 28. The molecule has 0 aliphatic rings. The average molecular weight is 853 g/mol. The molecule has 340 valence electrons. The Morgan fingerprint density at radius 2 is 0.452 bits per heavy atom. The number of ether oxygens (including phenoxy) is 4. The van der Waals surface area contributed by atoms with E-state index in [4.69, 9.17) is 18.9 Å². The van der Waals surface area contributed by atoms with E-state index in [1.165, 1.54) is 0 Å². The summed E-state index contributed by atoms with van der Waals surface area (Å²) in [7, 11) is 26.9. The third kappa shape index (κ3) is 19.8. The van der Waals surface area contributed by atoms with E-state index in [0.717, 1.165) is 152 Å². The van der Waals surface area contributed by atoms with E-state index in [2.05, 4.69) is 182 Å². The number of hydrogen-bond acceptors (Lipinski definition) is 4. The lowest BCUT2D eigenvalue weighted by Gasteiger charge is -2.23. The van der Waals surface area contributed by atoms with Crippen molar-refractivity contribution in [3.63, 3.8) is 0 Å². The van der Waals surface area contributed by atoms with Gasteiger partial charge in [-0.05, 0) is 133 Å². The summed E-state index contributed by atoms with van der Waals surface area (Å²) in [6, 6.07) is 34.6. The Morgan fingerprint density at radius 1 is 0.274 bits per heavy atom. The summed E-state index contributed by atoms with van der Waals surface area (Å²) in [5.74, 6) is 3.55. The fraction of sp³-hybridized carbons (Fsp3) is 0.519. The third-order valence-electron chi connectivity index (χ3n) is 10.8. The van der Waals surface area contributed by atoms with Gasteiger partial charge < -0.3 is 36.9 Å². The average Bonchev–Trinajstić information content (AvgIpc) is 3.19. The first-order valence-electron chi connectivity index (χ1n) is 23.1. The predicted molar refractivity (Wildman–Crippen MR) is 261 cm³/mol. The first-order valence-corrected chi connectivity index (χ1v) is 23.1. The van der Waals surface area contributed by atoms with Gasteiger partial charge in [0.2, 0.25) is 0 Å². The highest BCUT2D eigenvalue weighted by Crippen LogP contribution is 2.39. The van der Waals surface area contributed by atoms with Crippen LogP contribution < -0.4 is 18.9 Å². The summed E-state index contributed by atoms with van der Waals surface area (Å²) in [4.78, 5) is 0. The molecule has 0 radical (unpaired) electrons. The van der Waals surface area contributed by atoms with Gasteiger partial charge in [-0.3, -0.25) is 0 Å². The van der Waals surface area contributed by atoms with E-state index >= 15 is 0 Å². The highest BCUT2D eigenvalue weighted by atomic mass is 16.5. The number of unbranched alkanes of at least 4 members (excludes halogenated alkanes) is 4. The molecule has 0 aromatic heterocycles. The molecule has 0 amide bonds. The normalized spacial score (nSPS) is 12.3. The molecule has 0 N–H and O–H groups in total. The van der Waals surface area contributed by atoms with E-state index in [1.807, 2.05) is 0 Å². The van der Waals surface area contributed by atoms with Gasteiger partial charge in [-0.1, -0.05) is 48.5 Å². The van der Waals surface area contributed by atoms with E-state index < -0.39 is 0 Å². The second kappa shape index (κ2) is 23.9. The van der Waals surface area contributed by atoms with Gasteiger partial charge in [-0.15, -0.1) is 0 Å². The monoisotopic (exact) mass is 853 g/mol. The molecule has 4 rings (SSSR count). The van der Waals surface area contributed by atoms with Crippen LogP contribution in [0.3, 0.4) is 0 Å². The Morgan fingerprint density at radius 3 is 0.613 bits per heavy atom. The van der Waals surface area contributed by atoms with Crippen LogP contribution in [-0.4, -0.2) is 155 Å². The first-order chi connectivity index (χ1) is 29.2. The van der Waals surface area contributed by atoms with Crippen molar-refractivity contribution in [2.45, 2.75) is 51.4 Å². The maximum atomic E-state index is 6.26. The van der Waals surface area contributed by atoms with Crippen molar-refractivity contribution in [2.75, 3.05) is 137 Å². The molecule has 8 heteroatoms. The minimum atomic E-state index is 0.707. The molecular formula is C54H84N4O4+4. The Balaban J connectivity index is 1.69. The summed E-state index contributed by atoms with van der Waals surface area (Å²) >= 11 is 0. The fourth-order valence-corrected chi connectivity index (χ4v) is 7.29. The van der Waals surface area contributed by atoms with Gasteiger partial charge in [0.1, 0.15) is 23.0 Å². The standard InChI is InChI=1S/C54H84N4O4/c1-55(2,3)37-13-17-41-59-49-29-21-45(22-30-49)53(46-23-31-50(32-24-46)60-42-18-14-38-56(4,5)6)54(47-25-33-51(34-26-47)61-43-19-15-39-57(7,8)9)48-27-35-52(36-28-48)62-44-20-16-40-58(10,11)12/h21-36H,13-20,37-44H2,1-12H3/q+4. The minimum Gasteiger partial charge on any atom is -0.494 e. The zero-order valence-corrected chi connectivity index (χ0v) is 41.0. The van der Waals surface area contributed by atoms with Gasteiger partial charge in [0.25, 0.3) is 0 Å². The molecule has 0 aliphatic carbocycles. The van der Waals surface area contributed by atoms with Gasteiger partial charge in [-0.2, -0.15) is 0 Å². The lowest BCUT2D eigenvalue weighted by Crippen LogP contribution is -2.35. The van der Waals surface area contributed by atoms with Gasteiger partial charge in [-0.25, -0.2) is 0 Å². The van der Waals surface area contributed by atoms with Crippen molar-refractivity contribution in [1.29, 1.82) is 0 Å². The summed E-state index contributed by atoms with van der Waals surface area (Å²) in [6.07, 6.45) is 8.66. The molecule has 0 bridgehead atoms. The zero-order chi connectivity index (χ0) is 45.2. The Labute approximate surface area is 377 Å². The van der Waals surface area contributed by atoms with Gasteiger partial charge in [0.05, 0.1) is 137 Å². The molecule has 62 heavy (non-hydrogen) atoms. The Hall–Kier alpha value is -4.34. The number of nitrogens with zero attached hydrogens (tertiary/aromatic N) is 4. The van der Waals surface area contributed by atoms with Crippen LogP contribution in [-0.2, 0) is 0 Å². The molecule has 0 saturated carbocycles. The van der Waals surface area contributed by atoms with Crippen LogP contribution in [0.2, 0.25) is 0 Å². The molecule has 0 saturated heterocycles. The maximum Gasteiger partial charge on any atom is 0.119 e. The predicted octanol–water partition coefficient (Wildman–Crippen LogP) is 10.2. The second-order valence-corrected chi connectivity index (χ2v) is 21.1. The number of benzene rings is 4. The molecule has 0 fully saturated rings. The van der Waals surface area contributed by atoms with Crippen LogP contribution >= 0.6 is 0 Å². The highest BCUT2D eigenvalue weighted by Gasteiger charge is 2.18. The molecule has 8 nitrogen and oxygen atoms in total. The fourth-order valence-electron chi connectivity index (χ4n) is 7.29. The lowest BCUT2D eigenvalue weighted by molar-refractivity contribution is -0.870. The Kier molecular flexibility index (Phi) is 19.4. The van der Waals surface area contributed by atoms with Crippen LogP contribution in [0.5, 0.6) is 23.0 Å². The largest absolute Gasteiger partial charge is 0.494 e. The number of hydrogen-bond donors (Lipinski definition) is 0. The summed E-state index contributed by atoms with van der Waals surface area (Å²) in [5, 5.41) is 0. The van der Waals surface area contributed by atoms with Gasteiger partial charge in [0, 0.05) is 0 Å². The van der Waals surface area contributed by atoms with Crippen molar-refractivity contribution in [3.8, 4) is 23.0 Å². The van der Waals surface area contributed by atoms with E-state index in [-0.39, 0.29) is 0 Å². The van der Waals surface area contributed by atoms with Crippen LogP contribution in [0.15, 0.2) is 97.1 Å². The molecule has 0 unspecified atom stereocenters. The summed E-state index contributed by atoms with van der Waals surface area (Å²) < 4.78 is 28.9. The van der Waals surface area contributed by atoms with E-state index in [0.29, 0.717) is 26.4 Å². The topological polar surface area (TPSA) is 36.9 Å². The van der Waals surface area contributed by atoms with Crippen molar-refractivity contribution >= 4 is 11.1 Å². The first kappa shape index (κ1) is 50.3. The quantitative estimate of drug-likeness (QED) is 0.0324. The lowest BCUT2D eigenvalue weighted by atomic mass is 9.85. The maximum absolute atomic E-state index is 6.26. The molecule has 4 aromatic rings. The SMILES string of the molecule is C[N+](C)(C)CCCCOc1ccc(C(=C(c2ccc(OCCCC[N+](C)(C)C)cc2)c2ccc(OCCCC[N+](C)(C)C)cc2)c2ccc(OCCCC[N+](C)(C)C)cc2)cc1. The minimum absolute atomic E-state index is 0.707. The van der Waals surface area contributed by atoms with Crippen molar-refractivity contribution in [2.24, 2.45) is 0 Å². The summed E-state index contributed by atoms with van der Waals surface area (Å²) in [6.45, 7) is 7.36. The van der Waals surface area contributed by atoms with Crippen molar-refractivity contribution in [3.05, 3.63) is 119 Å². The smallest absolute Gasteiger partial charge is 0.119 e. The second-order valence-electron chi connectivity index (χ2n) is 21.1. The van der Waals surface area contributed by atoms with Crippen molar-refractivity contribution in [1.82, 2.24) is 0 Å². The summed E-state index contributed by atoms with van der Waals surface area (Å²) in [5.41, 5.74) is 6.72.